The van der Waals surface area contributed by atoms with E-state index >= 15 is 0 Å². The fourth-order valence-electron chi connectivity index (χ4n) is 3.84. The molecule has 0 aliphatic heterocycles. The zero-order valence-electron chi connectivity index (χ0n) is 21.4. The minimum Gasteiger partial charge on any atom is -0.352 e. The summed E-state index contributed by atoms with van der Waals surface area (Å²) in [5, 5.41) is 9.02. The molecule has 0 spiro atoms. The van der Waals surface area contributed by atoms with Crippen molar-refractivity contribution in [1.82, 2.24) is 10.6 Å². The highest BCUT2D eigenvalue weighted by atomic mass is 35.5. The largest absolute Gasteiger partial charge is 0.352 e. The molecule has 39 heavy (non-hydrogen) atoms. The Bertz CT molecular complexity index is 1480. The van der Waals surface area contributed by atoms with Gasteiger partial charge in [-0.1, -0.05) is 83.9 Å². The third-order valence-electron chi connectivity index (χ3n) is 5.86. The SMILES string of the molecule is Cc1cccc(CNC(=O)Cc2ccc(NC(=O)/C(=C/c3ccc(Cl)cc3)NC(=O)c3ccccc3)cc2)c1. The van der Waals surface area contributed by atoms with Crippen LogP contribution in [0.4, 0.5) is 5.69 Å². The van der Waals surface area contributed by atoms with Crippen molar-refractivity contribution < 1.29 is 14.4 Å². The van der Waals surface area contributed by atoms with Crippen LogP contribution in [-0.4, -0.2) is 17.7 Å². The zero-order valence-corrected chi connectivity index (χ0v) is 22.2. The summed E-state index contributed by atoms with van der Waals surface area (Å²) in [6.07, 6.45) is 1.80. The van der Waals surface area contributed by atoms with Crippen LogP contribution in [0.5, 0.6) is 0 Å². The Kier molecular flexibility index (Phi) is 9.27. The van der Waals surface area contributed by atoms with E-state index in [1.807, 2.05) is 37.3 Å². The van der Waals surface area contributed by atoms with E-state index in [0.717, 1.165) is 16.7 Å². The molecule has 4 aromatic rings. The molecule has 0 saturated heterocycles. The summed E-state index contributed by atoms with van der Waals surface area (Å²) in [5.74, 6) is -0.985. The molecule has 0 atom stereocenters. The molecule has 0 fully saturated rings. The number of amides is 3. The lowest BCUT2D eigenvalue weighted by atomic mass is 10.1. The maximum Gasteiger partial charge on any atom is 0.272 e. The number of carbonyl (C=O) groups excluding carboxylic acids is 3. The van der Waals surface area contributed by atoms with Crippen LogP contribution < -0.4 is 16.0 Å². The summed E-state index contributed by atoms with van der Waals surface area (Å²) < 4.78 is 0. The molecular formula is C32H28ClN3O3. The van der Waals surface area contributed by atoms with Crippen molar-refractivity contribution in [2.45, 2.75) is 19.9 Å². The maximum absolute atomic E-state index is 13.2. The molecule has 7 heteroatoms. The van der Waals surface area contributed by atoms with Gasteiger partial charge in [0.2, 0.25) is 5.91 Å². The summed E-state index contributed by atoms with van der Waals surface area (Å²) >= 11 is 5.98. The molecule has 0 radical (unpaired) electrons. The first kappa shape index (κ1) is 27.4. The van der Waals surface area contributed by atoms with Crippen LogP contribution in [0.1, 0.15) is 32.6 Å². The van der Waals surface area contributed by atoms with Gasteiger partial charge in [0.05, 0.1) is 6.42 Å². The molecule has 196 valence electrons. The van der Waals surface area contributed by atoms with Gasteiger partial charge in [0.15, 0.2) is 0 Å². The van der Waals surface area contributed by atoms with Crippen LogP contribution in [-0.2, 0) is 22.6 Å². The standard InChI is InChI=1S/C32H28ClN3O3/c1-22-6-5-7-25(18-22)21-34-30(37)20-24-12-16-28(17-13-24)35-32(39)29(19-23-10-14-27(33)15-11-23)36-31(38)26-8-3-2-4-9-26/h2-19H,20-21H2,1H3,(H,34,37)(H,35,39)(H,36,38)/b29-19-. The quantitative estimate of drug-likeness (QED) is 0.232. The first-order valence-corrected chi connectivity index (χ1v) is 12.8. The molecule has 3 amide bonds. The minimum absolute atomic E-state index is 0.0748. The number of hydrogen-bond donors (Lipinski definition) is 3. The number of halogens is 1. The van der Waals surface area contributed by atoms with E-state index in [2.05, 4.69) is 16.0 Å². The smallest absolute Gasteiger partial charge is 0.272 e. The van der Waals surface area contributed by atoms with Gasteiger partial charge in [-0.2, -0.15) is 0 Å². The average Bonchev–Trinajstić information content (AvgIpc) is 2.94. The molecule has 0 heterocycles. The zero-order chi connectivity index (χ0) is 27.6. The van der Waals surface area contributed by atoms with Crippen molar-refractivity contribution in [2.24, 2.45) is 0 Å². The van der Waals surface area contributed by atoms with Crippen molar-refractivity contribution >= 4 is 41.1 Å². The van der Waals surface area contributed by atoms with E-state index in [1.165, 1.54) is 0 Å². The Morgan fingerprint density at radius 1 is 0.795 bits per heavy atom. The lowest BCUT2D eigenvalue weighted by Crippen LogP contribution is -2.30. The van der Waals surface area contributed by atoms with Crippen LogP contribution in [0.25, 0.3) is 6.08 Å². The van der Waals surface area contributed by atoms with Gasteiger partial charge in [0.1, 0.15) is 5.70 Å². The normalized spacial score (nSPS) is 11.0. The number of aryl methyl sites for hydroxylation is 1. The van der Waals surface area contributed by atoms with E-state index in [1.54, 1.807) is 78.9 Å². The Morgan fingerprint density at radius 2 is 1.51 bits per heavy atom. The van der Waals surface area contributed by atoms with Crippen molar-refractivity contribution in [3.05, 3.63) is 142 Å². The molecule has 4 rings (SSSR count). The highest BCUT2D eigenvalue weighted by Gasteiger charge is 2.15. The van der Waals surface area contributed by atoms with E-state index in [4.69, 9.17) is 11.6 Å². The van der Waals surface area contributed by atoms with Gasteiger partial charge in [-0.15, -0.1) is 0 Å². The number of rotatable bonds is 9. The first-order chi connectivity index (χ1) is 18.9. The molecule has 6 nitrogen and oxygen atoms in total. The average molecular weight is 538 g/mol. The first-order valence-electron chi connectivity index (χ1n) is 12.4. The summed E-state index contributed by atoms with van der Waals surface area (Å²) in [6.45, 7) is 2.48. The molecule has 0 aliphatic rings. The molecule has 0 saturated carbocycles. The molecular weight excluding hydrogens is 510 g/mol. The Labute approximate surface area is 232 Å². The second kappa shape index (κ2) is 13.2. The predicted molar refractivity (Wildman–Crippen MR) is 155 cm³/mol. The molecule has 0 bridgehead atoms. The lowest BCUT2D eigenvalue weighted by molar-refractivity contribution is -0.120. The van der Waals surface area contributed by atoms with Gasteiger partial charge < -0.3 is 16.0 Å². The minimum atomic E-state index is -0.488. The van der Waals surface area contributed by atoms with E-state index in [9.17, 15) is 14.4 Å². The lowest BCUT2D eigenvalue weighted by Gasteiger charge is -2.12. The van der Waals surface area contributed by atoms with Gasteiger partial charge in [-0.3, -0.25) is 14.4 Å². The highest BCUT2D eigenvalue weighted by Crippen LogP contribution is 2.15. The molecule has 0 aliphatic carbocycles. The van der Waals surface area contributed by atoms with Gasteiger partial charge in [0, 0.05) is 22.8 Å². The summed E-state index contributed by atoms with van der Waals surface area (Å²) in [6, 6.07) is 30.6. The van der Waals surface area contributed by atoms with Crippen LogP contribution in [0.15, 0.2) is 109 Å². The summed E-state index contributed by atoms with van der Waals surface area (Å²) in [5.41, 5.74) is 4.73. The predicted octanol–water partition coefficient (Wildman–Crippen LogP) is 5.92. The maximum atomic E-state index is 13.2. The van der Waals surface area contributed by atoms with Gasteiger partial charge >= 0.3 is 0 Å². The monoisotopic (exact) mass is 537 g/mol. The third kappa shape index (κ3) is 8.42. The van der Waals surface area contributed by atoms with Crippen LogP contribution in [0.2, 0.25) is 5.02 Å². The van der Waals surface area contributed by atoms with Gasteiger partial charge in [0.25, 0.3) is 11.8 Å². The summed E-state index contributed by atoms with van der Waals surface area (Å²) in [4.78, 5) is 38.3. The molecule has 3 N–H and O–H groups in total. The second-order valence-electron chi connectivity index (χ2n) is 9.02. The van der Waals surface area contributed by atoms with Crippen molar-refractivity contribution in [1.29, 1.82) is 0 Å². The molecule has 0 aromatic heterocycles. The van der Waals surface area contributed by atoms with Crippen LogP contribution in [0.3, 0.4) is 0 Å². The fourth-order valence-corrected chi connectivity index (χ4v) is 3.97. The number of benzene rings is 4. The Balaban J connectivity index is 1.40. The van der Waals surface area contributed by atoms with Crippen molar-refractivity contribution in [2.75, 3.05) is 5.32 Å². The van der Waals surface area contributed by atoms with E-state index in [0.29, 0.717) is 28.4 Å². The van der Waals surface area contributed by atoms with Crippen LogP contribution >= 0.6 is 11.6 Å². The Morgan fingerprint density at radius 3 is 2.21 bits per heavy atom. The highest BCUT2D eigenvalue weighted by molar-refractivity contribution is 6.30. The van der Waals surface area contributed by atoms with Gasteiger partial charge in [-0.25, -0.2) is 0 Å². The number of anilines is 1. The number of hydrogen-bond acceptors (Lipinski definition) is 3. The molecule has 4 aromatic carbocycles. The van der Waals surface area contributed by atoms with Crippen molar-refractivity contribution in [3.63, 3.8) is 0 Å². The second-order valence-corrected chi connectivity index (χ2v) is 9.46. The Hall–Kier alpha value is -4.68. The van der Waals surface area contributed by atoms with Gasteiger partial charge in [-0.05, 0) is 66.1 Å². The van der Waals surface area contributed by atoms with Crippen molar-refractivity contribution in [3.8, 4) is 0 Å². The fraction of sp³-hybridized carbons (Fsp3) is 0.0938. The van der Waals surface area contributed by atoms with Crippen LogP contribution in [0, 0.1) is 6.92 Å². The number of carbonyl (C=O) groups is 3. The third-order valence-corrected chi connectivity index (χ3v) is 6.11. The molecule has 0 unspecified atom stereocenters. The number of nitrogens with one attached hydrogen (secondary N) is 3. The topological polar surface area (TPSA) is 87.3 Å². The van der Waals surface area contributed by atoms with E-state index < -0.39 is 11.8 Å². The van der Waals surface area contributed by atoms with E-state index in [-0.39, 0.29) is 18.0 Å². The summed E-state index contributed by atoms with van der Waals surface area (Å²) in [7, 11) is 0.